The van der Waals surface area contributed by atoms with Gasteiger partial charge in [-0.1, -0.05) is 59.8 Å². The summed E-state index contributed by atoms with van der Waals surface area (Å²) in [6.45, 7) is 1.94. The topological polar surface area (TPSA) is 72.2 Å². The van der Waals surface area contributed by atoms with Crippen LogP contribution in [0.15, 0.2) is 71.8 Å². The number of hydrazone groups is 1. The highest BCUT2D eigenvalue weighted by Gasteiger charge is 2.09. The summed E-state index contributed by atoms with van der Waals surface area (Å²) in [4.78, 5) is 12.2. The number of carbonyl (C=O) groups excluding carboxylic acids is 1. The number of hydrogen-bond donors (Lipinski definition) is 1. The Bertz CT molecular complexity index is 1120. The predicted molar refractivity (Wildman–Crippen MR) is 102 cm³/mol. The van der Waals surface area contributed by atoms with Crippen molar-refractivity contribution in [1.29, 1.82) is 0 Å². The van der Waals surface area contributed by atoms with Crippen molar-refractivity contribution in [2.45, 2.75) is 13.5 Å². The van der Waals surface area contributed by atoms with Crippen LogP contribution in [-0.2, 0) is 11.3 Å². The zero-order valence-electron chi connectivity index (χ0n) is 14.3. The second kappa shape index (κ2) is 6.76. The molecule has 0 fully saturated rings. The molecule has 4 rings (SSSR count). The number of aromatic nitrogens is 3. The molecule has 1 heterocycles. The lowest BCUT2D eigenvalue weighted by atomic mass is 10.0. The SMILES string of the molecule is CC(=NNC(=O)Cn1nnc2ccccc21)c1cccc2ccccc12. The highest BCUT2D eigenvalue weighted by atomic mass is 16.2. The first-order valence-corrected chi connectivity index (χ1v) is 8.32. The van der Waals surface area contributed by atoms with E-state index in [2.05, 4.69) is 33.0 Å². The van der Waals surface area contributed by atoms with Gasteiger partial charge in [0.25, 0.3) is 5.91 Å². The van der Waals surface area contributed by atoms with Crippen LogP contribution in [0.1, 0.15) is 12.5 Å². The molecule has 1 aromatic heterocycles. The minimum atomic E-state index is -0.250. The van der Waals surface area contributed by atoms with E-state index < -0.39 is 0 Å². The van der Waals surface area contributed by atoms with Crippen molar-refractivity contribution in [3.8, 4) is 0 Å². The Morgan fingerprint density at radius 2 is 1.81 bits per heavy atom. The van der Waals surface area contributed by atoms with Gasteiger partial charge >= 0.3 is 0 Å². The predicted octanol–water partition coefficient (Wildman–Crippen LogP) is 3.12. The summed E-state index contributed by atoms with van der Waals surface area (Å²) in [5.74, 6) is -0.250. The maximum Gasteiger partial charge on any atom is 0.261 e. The highest BCUT2D eigenvalue weighted by molar-refractivity contribution is 6.09. The first kappa shape index (κ1) is 16.0. The summed E-state index contributed by atoms with van der Waals surface area (Å²) >= 11 is 0. The molecule has 0 aliphatic rings. The van der Waals surface area contributed by atoms with Gasteiger partial charge in [0.05, 0.1) is 11.2 Å². The van der Waals surface area contributed by atoms with Crippen molar-refractivity contribution in [3.63, 3.8) is 0 Å². The van der Waals surface area contributed by atoms with E-state index in [1.54, 1.807) is 4.68 Å². The molecule has 6 nitrogen and oxygen atoms in total. The second-order valence-corrected chi connectivity index (χ2v) is 5.99. The summed E-state index contributed by atoms with van der Waals surface area (Å²) in [6.07, 6.45) is 0. The van der Waals surface area contributed by atoms with Gasteiger partial charge in [-0.3, -0.25) is 4.79 Å². The van der Waals surface area contributed by atoms with E-state index in [1.165, 1.54) is 0 Å². The first-order chi connectivity index (χ1) is 12.7. The number of benzene rings is 3. The lowest BCUT2D eigenvalue weighted by molar-refractivity contribution is -0.121. The smallest absolute Gasteiger partial charge is 0.261 e. The maximum atomic E-state index is 12.2. The average Bonchev–Trinajstić information content (AvgIpc) is 3.08. The Hall–Kier alpha value is -3.54. The minimum absolute atomic E-state index is 0.0623. The number of rotatable bonds is 4. The number of amides is 1. The monoisotopic (exact) mass is 343 g/mol. The van der Waals surface area contributed by atoms with Gasteiger partial charge < -0.3 is 0 Å². The van der Waals surface area contributed by atoms with Crippen LogP contribution in [0.3, 0.4) is 0 Å². The molecule has 0 saturated carbocycles. The summed E-state index contributed by atoms with van der Waals surface area (Å²) in [5, 5.41) is 14.6. The lowest BCUT2D eigenvalue weighted by Crippen LogP contribution is -2.24. The number of nitrogens with one attached hydrogen (secondary N) is 1. The molecule has 6 heteroatoms. The van der Waals surface area contributed by atoms with E-state index >= 15 is 0 Å². The maximum absolute atomic E-state index is 12.2. The van der Waals surface area contributed by atoms with Crippen LogP contribution in [0, 0.1) is 0 Å². The molecule has 4 aromatic rings. The van der Waals surface area contributed by atoms with Gasteiger partial charge in [0.1, 0.15) is 12.1 Å². The summed E-state index contributed by atoms with van der Waals surface area (Å²) in [5.41, 5.74) is 5.93. The number of para-hydroxylation sites is 1. The molecule has 0 atom stereocenters. The van der Waals surface area contributed by atoms with Gasteiger partial charge in [-0.25, -0.2) is 10.1 Å². The van der Waals surface area contributed by atoms with Crippen molar-refractivity contribution in [3.05, 3.63) is 72.3 Å². The Balaban J connectivity index is 1.52. The molecule has 26 heavy (non-hydrogen) atoms. The van der Waals surface area contributed by atoms with Crippen molar-refractivity contribution < 1.29 is 4.79 Å². The van der Waals surface area contributed by atoms with Gasteiger partial charge in [0.2, 0.25) is 0 Å². The molecule has 0 bridgehead atoms. The van der Waals surface area contributed by atoms with Gasteiger partial charge in [0.15, 0.2) is 0 Å². The molecule has 3 aromatic carbocycles. The molecule has 0 saturated heterocycles. The zero-order chi connectivity index (χ0) is 17.9. The number of fused-ring (bicyclic) bond motifs is 2. The van der Waals surface area contributed by atoms with Gasteiger partial charge in [0, 0.05) is 5.56 Å². The second-order valence-electron chi connectivity index (χ2n) is 5.99. The summed E-state index contributed by atoms with van der Waals surface area (Å²) < 4.78 is 1.56. The van der Waals surface area contributed by atoms with Gasteiger partial charge in [-0.15, -0.1) is 5.10 Å². The number of nitrogens with zero attached hydrogens (tertiary/aromatic N) is 4. The fraction of sp³-hybridized carbons (Fsp3) is 0.100. The van der Waals surface area contributed by atoms with E-state index in [0.717, 1.165) is 33.1 Å². The van der Waals surface area contributed by atoms with Crippen LogP contribution in [-0.4, -0.2) is 26.6 Å². The Morgan fingerprint density at radius 3 is 2.73 bits per heavy atom. The van der Waals surface area contributed by atoms with E-state index in [1.807, 2.05) is 61.5 Å². The van der Waals surface area contributed by atoms with Crippen LogP contribution in [0.4, 0.5) is 0 Å². The molecular formula is C20H17N5O. The number of carbonyl (C=O) groups is 1. The summed E-state index contributed by atoms with van der Waals surface area (Å²) in [7, 11) is 0. The minimum Gasteiger partial charge on any atom is -0.271 e. The van der Waals surface area contributed by atoms with Crippen molar-refractivity contribution in [2.24, 2.45) is 5.10 Å². The largest absolute Gasteiger partial charge is 0.271 e. The first-order valence-electron chi connectivity index (χ1n) is 8.32. The molecule has 1 N–H and O–H groups in total. The average molecular weight is 343 g/mol. The van der Waals surface area contributed by atoms with Crippen molar-refractivity contribution in [2.75, 3.05) is 0 Å². The zero-order valence-corrected chi connectivity index (χ0v) is 14.3. The lowest BCUT2D eigenvalue weighted by Gasteiger charge is -2.07. The standard InChI is InChI=1S/C20H17N5O/c1-14(16-10-6-8-15-7-2-3-9-17(15)16)21-23-20(26)13-25-19-12-5-4-11-18(19)22-24-25/h2-12H,13H2,1H3,(H,23,26). The van der Waals surface area contributed by atoms with Crippen LogP contribution < -0.4 is 5.43 Å². The Labute approximate surface area is 150 Å². The van der Waals surface area contributed by atoms with Crippen LogP contribution >= 0.6 is 0 Å². The van der Waals surface area contributed by atoms with Crippen LogP contribution in [0.5, 0.6) is 0 Å². The fourth-order valence-electron chi connectivity index (χ4n) is 2.95. The summed E-state index contributed by atoms with van der Waals surface area (Å²) in [6, 6.07) is 21.7. The van der Waals surface area contributed by atoms with Crippen LogP contribution in [0.25, 0.3) is 21.8 Å². The van der Waals surface area contributed by atoms with Crippen LogP contribution in [0.2, 0.25) is 0 Å². The fourth-order valence-corrected chi connectivity index (χ4v) is 2.95. The normalized spacial score (nSPS) is 11.8. The molecular weight excluding hydrogens is 326 g/mol. The van der Waals surface area contributed by atoms with E-state index in [-0.39, 0.29) is 12.5 Å². The van der Waals surface area contributed by atoms with Gasteiger partial charge in [-0.2, -0.15) is 5.10 Å². The third-order valence-electron chi connectivity index (χ3n) is 4.24. The number of hydrogen-bond acceptors (Lipinski definition) is 4. The molecule has 128 valence electrons. The van der Waals surface area contributed by atoms with Crippen molar-refractivity contribution >= 4 is 33.4 Å². The van der Waals surface area contributed by atoms with Crippen molar-refractivity contribution in [1.82, 2.24) is 20.4 Å². The molecule has 0 aliphatic heterocycles. The van der Waals surface area contributed by atoms with Gasteiger partial charge in [-0.05, 0) is 29.8 Å². The molecule has 0 unspecified atom stereocenters. The van der Waals surface area contributed by atoms with E-state index in [4.69, 9.17) is 0 Å². The molecule has 0 radical (unpaired) electrons. The Kier molecular flexibility index (Phi) is 4.15. The molecule has 0 aliphatic carbocycles. The highest BCUT2D eigenvalue weighted by Crippen LogP contribution is 2.19. The third kappa shape index (κ3) is 3.04. The third-order valence-corrected chi connectivity index (χ3v) is 4.24. The quantitative estimate of drug-likeness (QED) is 0.457. The van der Waals surface area contributed by atoms with E-state index in [9.17, 15) is 4.79 Å². The molecule has 0 spiro atoms. The Morgan fingerprint density at radius 1 is 1.04 bits per heavy atom. The molecule has 1 amide bonds. The van der Waals surface area contributed by atoms with E-state index in [0.29, 0.717) is 0 Å².